The summed E-state index contributed by atoms with van der Waals surface area (Å²) >= 11 is 0. The van der Waals surface area contributed by atoms with Crippen LogP contribution < -0.4 is 0 Å². The zero-order chi connectivity index (χ0) is 18.5. The Balaban J connectivity index is 1.77. The minimum Gasteiger partial charge on any atom is -0.481 e. The summed E-state index contributed by atoms with van der Waals surface area (Å²) in [5.41, 5.74) is 1.26. The predicted octanol–water partition coefficient (Wildman–Crippen LogP) is 0.537. The van der Waals surface area contributed by atoms with Crippen LogP contribution in [0.25, 0.3) is 0 Å². The van der Waals surface area contributed by atoms with Gasteiger partial charge in [0.25, 0.3) is 0 Å². The van der Waals surface area contributed by atoms with Gasteiger partial charge in [0.15, 0.2) is 0 Å². The maximum Gasteiger partial charge on any atom is 0.319 e. The molecule has 3 heterocycles. The van der Waals surface area contributed by atoms with Crippen LogP contribution in [-0.4, -0.2) is 81.6 Å². The lowest BCUT2D eigenvalue weighted by molar-refractivity contribution is -0.148. The highest BCUT2D eigenvalue weighted by molar-refractivity contribution is 5.80. The van der Waals surface area contributed by atoms with Crippen molar-refractivity contribution in [2.75, 3.05) is 40.3 Å². The molecule has 8 heteroatoms. The Kier molecular flexibility index (Phi) is 4.26. The van der Waals surface area contributed by atoms with Gasteiger partial charge in [-0.15, -0.1) is 0 Å². The molecule has 0 spiro atoms. The van der Waals surface area contributed by atoms with Gasteiger partial charge < -0.3 is 19.5 Å². The second-order valence-corrected chi connectivity index (χ2v) is 7.64. The number of nitrogens with zero attached hydrogens (tertiary/aromatic N) is 5. The first-order valence-electron chi connectivity index (χ1n) is 8.56. The average molecular weight is 349 g/mol. The zero-order valence-corrected chi connectivity index (χ0v) is 15.6. The largest absolute Gasteiger partial charge is 0.481 e. The minimum atomic E-state index is -0.874. The van der Waals surface area contributed by atoms with Crippen molar-refractivity contribution in [1.82, 2.24) is 24.3 Å². The number of likely N-dealkylation sites (tertiary alicyclic amines) is 2. The molecule has 3 rings (SSSR count). The van der Waals surface area contributed by atoms with Gasteiger partial charge in [-0.2, -0.15) is 0 Å². The molecule has 2 aliphatic heterocycles. The Hall–Kier alpha value is -2.09. The Morgan fingerprint density at radius 3 is 2.44 bits per heavy atom. The van der Waals surface area contributed by atoms with Crippen LogP contribution in [-0.2, 0) is 18.4 Å². The van der Waals surface area contributed by atoms with E-state index in [2.05, 4.69) is 14.5 Å². The SMILES string of the molecule is Cc1nc(CN2C[C@@H]3CN(C(=O)N(C)C)C[C@]3(C(=O)O)C2)n(C)c1C. The molecule has 1 aromatic heterocycles. The molecule has 138 valence electrons. The quantitative estimate of drug-likeness (QED) is 0.861. The number of hydrogen-bond acceptors (Lipinski definition) is 4. The minimum absolute atomic E-state index is 0.0450. The van der Waals surface area contributed by atoms with Crippen LogP contribution in [0.2, 0.25) is 0 Å². The third-order valence-electron chi connectivity index (χ3n) is 5.83. The van der Waals surface area contributed by atoms with E-state index < -0.39 is 11.4 Å². The van der Waals surface area contributed by atoms with E-state index in [0.717, 1.165) is 17.2 Å². The van der Waals surface area contributed by atoms with Crippen LogP contribution in [0.3, 0.4) is 0 Å². The Bertz CT molecular complexity index is 713. The number of fused-ring (bicyclic) bond motifs is 1. The van der Waals surface area contributed by atoms with Crippen molar-refractivity contribution in [3.05, 3.63) is 17.2 Å². The summed E-state index contributed by atoms with van der Waals surface area (Å²) < 4.78 is 2.07. The number of aliphatic carboxylic acids is 1. The summed E-state index contributed by atoms with van der Waals surface area (Å²) in [7, 11) is 5.38. The Morgan fingerprint density at radius 1 is 1.28 bits per heavy atom. The number of aromatic nitrogens is 2. The first-order chi connectivity index (χ1) is 11.7. The van der Waals surface area contributed by atoms with E-state index in [1.54, 1.807) is 19.0 Å². The van der Waals surface area contributed by atoms with E-state index in [9.17, 15) is 14.7 Å². The second-order valence-electron chi connectivity index (χ2n) is 7.64. The van der Waals surface area contributed by atoms with Crippen molar-refractivity contribution in [3.8, 4) is 0 Å². The highest BCUT2D eigenvalue weighted by Gasteiger charge is 2.58. The van der Waals surface area contributed by atoms with E-state index in [1.807, 2.05) is 20.9 Å². The van der Waals surface area contributed by atoms with Gasteiger partial charge in [-0.05, 0) is 13.8 Å². The number of carboxylic acids is 1. The summed E-state index contributed by atoms with van der Waals surface area (Å²) in [6.07, 6.45) is 0. The number of carbonyl (C=O) groups excluding carboxylic acids is 1. The average Bonchev–Trinajstić information content (AvgIpc) is 3.13. The van der Waals surface area contributed by atoms with Crippen molar-refractivity contribution in [2.24, 2.45) is 18.4 Å². The number of urea groups is 1. The molecule has 0 aliphatic carbocycles. The monoisotopic (exact) mass is 349 g/mol. The first-order valence-corrected chi connectivity index (χ1v) is 8.56. The maximum atomic E-state index is 12.2. The third kappa shape index (κ3) is 2.78. The van der Waals surface area contributed by atoms with E-state index >= 15 is 0 Å². The van der Waals surface area contributed by atoms with Crippen LogP contribution in [0.4, 0.5) is 4.79 Å². The van der Waals surface area contributed by atoms with Crippen molar-refractivity contribution < 1.29 is 14.7 Å². The van der Waals surface area contributed by atoms with Gasteiger partial charge in [0, 0.05) is 58.9 Å². The molecule has 0 unspecified atom stereocenters. The summed E-state index contributed by atoms with van der Waals surface area (Å²) in [5.74, 6) is 0.106. The van der Waals surface area contributed by atoms with Crippen molar-refractivity contribution in [1.29, 1.82) is 0 Å². The second kappa shape index (κ2) is 6.01. The molecule has 0 radical (unpaired) electrons. The van der Waals surface area contributed by atoms with Gasteiger partial charge in [0.1, 0.15) is 11.2 Å². The van der Waals surface area contributed by atoms with E-state index in [0.29, 0.717) is 26.2 Å². The highest BCUT2D eigenvalue weighted by Crippen LogP contribution is 2.43. The van der Waals surface area contributed by atoms with Gasteiger partial charge in [0.05, 0.1) is 12.2 Å². The molecule has 2 fully saturated rings. The number of rotatable bonds is 3. The molecule has 2 amide bonds. The number of amides is 2. The fraction of sp³-hybridized carbons (Fsp3) is 0.706. The van der Waals surface area contributed by atoms with Crippen molar-refractivity contribution in [2.45, 2.75) is 20.4 Å². The van der Waals surface area contributed by atoms with Gasteiger partial charge in [0.2, 0.25) is 0 Å². The lowest BCUT2D eigenvalue weighted by atomic mass is 9.81. The van der Waals surface area contributed by atoms with Crippen LogP contribution in [0, 0.1) is 25.2 Å². The van der Waals surface area contributed by atoms with Crippen LogP contribution in [0.1, 0.15) is 17.2 Å². The van der Waals surface area contributed by atoms with E-state index in [4.69, 9.17) is 0 Å². The molecule has 1 N–H and O–H groups in total. The summed E-state index contributed by atoms with van der Waals surface area (Å²) in [6.45, 7) is 6.56. The van der Waals surface area contributed by atoms with Crippen LogP contribution in [0.5, 0.6) is 0 Å². The molecular weight excluding hydrogens is 322 g/mol. The molecular formula is C17H27N5O3. The number of aryl methyl sites for hydroxylation is 1. The molecule has 2 atom stereocenters. The molecule has 2 saturated heterocycles. The Morgan fingerprint density at radius 2 is 1.96 bits per heavy atom. The lowest BCUT2D eigenvalue weighted by Crippen LogP contribution is -2.44. The van der Waals surface area contributed by atoms with Gasteiger partial charge in [-0.1, -0.05) is 0 Å². The molecule has 0 saturated carbocycles. The fourth-order valence-corrected chi connectivity index (χ4v) is 4.15. The number of hydrogen-bond donors (Lipinski definition) is 1. The van der Waals surface area contributed by atoms with Crippen LogP contribution in [0.15, 0.2) is 0 Å². The Labute approximate surface area is 148 Å². The number of carbonyl (C=O) groups is 2. The van der Waals surface area contributed by atoms with E-state index in [1.165, 1.54) is 4.90 Å². The normalized spacial score (nSPS) is 26.1. The van der Waals surface area contributed by atoms with Gasteiger partial charge in [-0.3, -0.25) is 9.69 Å². The van der Waals surface area contributed by atoms with Crippen molar-refractivity contribution >= 4 is 12.0 Å². The first kappa shape index (κ1) is 17.7. The smallest absolute Gasteiger partial charge is 0.319 e. The summed E-state index contributed by atoms with van der Waals surface area (Å²) in [5, 5.41) is 9.90. The van der Waals surface area contributed by atoms with Gasteiger partial charge in [-0.25, -0.2) is 9.78 Å². The predicted molar refractivity (Wildman–Crippen MR) is 92.2 cm³/mol. The standard InChI is InChI=1S/C17H27N5O3/c1-11-12(2)20(5)14(18-11)8-21-6-13-7-22(16(25)19(3)4)10-17(13,9-21)15(23)24/h13H,6-10H2,1-5H3,(H,23,24)/t13-,17-/m1/s1. The third-order valence-corrected chi connectivity index (χ3v) is 5.83. The number of imidazole rings is 1. The molecule has 0 bridgehead atoms. The van der Waals surface area contributed by atoms with Gasteiger partial charge >= 0.3 is 12.0 Å². The van der Waals surface area contributed by atoms with Crippen LogP contribution >= 0.6 is 0 Å². The topological polar surface area (TPSA) is 81.9 Å². The molecule has 25 heavy (non-hydrogen) atoms. The molecule has 2 aliphatic rings. The maximum absolute atomic E-state index is 12.2. The summed E-state index contributed by atoms with van der Waals surface area (Å²) in [4.78, 5) is 34.2. The van der Waals surface area contributed by atoms with Crippen molar-refractivity contribution in [3.63, 3.8) is 0 Å². The number of carboxylic acid groups (broad SMARTS) is 1. The summed E-state index contributed by atoms with van der Waals surface area (Å²) in [6, 6.07) is -0.114. The fourth-order valence-electron chi connectivity index (χ4n) is 4.15. The lowest BCUT2D eigenvalue weighted by Gasteiger charge is -2.27. The molecule has 8 nitrogen and oxygen atoms in total. The molecule has 0 aromatic carbocycles. The highest BCUT2D eigenvalue weighted by atomic mass is 16.4. The van der Waals surface area contributed by atoms with E-state index in [-0.39, 0.29) is 18.5 Å². The molecule has 1 aromatic rings. The zero-order valence-electron chi connectivity index (χ0n) is 15.6.